The van der Waals surface area contributed by atoms with Gasteiger partial charge in [0.2, 0.25) is 5.91 Å². The highest BCUT2D eigenvalue weighted by Crippen LogP contribution is 2.25. The summed E-state index contributed by atoms with van der Waals surface area (Å²) in [5.74, 6) is -0.0751. The first kappa shape index (κ1) is 19.2. The third kappa shape index (κ3) is 5.46. The number of benzene rings is 1. The Balaban J connectivity index is 2.19. The predicted octanol–water partition coefficient (Wildman–Crippen LogP) is 2.28. The maximum atomic E-state index is 12.9. The van der Waals surface area contributed by atoms with Crippen LogP contribution < -0.4 is 10.1 Å². The Morgan fingerprint density at radius 2 is 2.08 bits per heavy atom. The Labute approximate surface area is 149 Å². The van der Waals surface area contributed by atoms with Crippen molar-refractivity contribution >= 4 is 11.9 Å². The molecule has 0 radical (unpaired) electrons. The zero-order chi connectivity index (χ0) is 18.6. The molecule has 1 heterocycles. The molecular weight excluding hydrogens is 320 g/mol. The van der Waals surface area contributed by atoms with Crippen molar-refractivity contribution in [3.05, 3.63) is 29.8 Å². The Bertz CT molecular complexity index is 624. The van der Waals surface area contributed by atoms with Gasteiger partial charge in [-0.1, -0.05) is 32.9 Å². The van der Waals surface area contributed by atoms with Gasteiger partial charge in [0.25, 0.3) is 0 Å². The molecule has 2 atom stereocenters. The number of methoxy groups -OCH3 is 1. The number of nitrogens with zero attached hydrogens (tertiary/aromatic N) is 1. The molecule has 25 heavy (non-hydrogen) atoms. The number of rotatable bonds is 6. The van der Waals surface area contributed by atoms with Crippen LogP contribution in [0.25, 0.3) is 0 Å². The van der Waals surface area contributed by atoms with Gasteiger partial charge >= 0.3 is 5.97 Å². The second-order valence-electron chi connectivity index (χ2n) is 7.80. The molecule has 138 valence electrons. The van der Waals surface area contributed by atoms with Crippen molar-refractivity contribution in [1.29, 1.82) is 0 Å². The van der Waals surface area contributed by atoms with Crippen LogP contribution in [0.4, 0.5) is 0 Å². The Hall–Kier alpha value is -2.08. The van der Waals surface area contributed by atoms with E-state index in [0.717, 1.165) is 11.3 Å². The lowest BCUT2D eigenvalue weighted by molar-refractivity contribution is -0.140. The number of aliphatic carboxylic acids is 1. The van der Waals surface area contributed by atoms with E-state index in [1.165, 1.54) is 0 Å². The highest BCUT2D eigenvalue weighted by molar-refractivity contribution is 5.78. The van der Waals surface area contributed by atoms with Gasteiger partial charge in [-0.2, -0.15) is 0 Å². The van der Waals surface area contributed by atoms with Crippen molar-refractivity contribution in [2.75, 3.05) is 13.7 Å². The van der Waals surface area contributed by atoms with Crippen LogP contribution in [-0.4, -0.2) is 47.6 Å². The molecule has 1 aromatic rings. The Morgan fingerprint density at radius 1 is 1.36 bits per heavy atom. The zero-order valence-electron chi connectivity index (χ0n) is 15.4. The molecule has 0 unspecified atom stereocenters. The fraction of sp³-hybridized carbons (Fsp3) is 0.579. The van der Waals surface area contributed by atoms with Gasteiger partial charge in [-0.3, -0.25) is 9.59 Å². The molecule has 1 aliphatic heterocycles. The average Bonchev–Trinajstić information content (AvgIpc) is 3.01. The van der Waals surface area contributed by atoms with E-state index in [1.54, 1.807) is 7.11 Å². The van der Waals surface area contributed by atoms with E-state index in [0.29, 0.717) is 25.9 Å². The molecule has 1 fully saturated rings. The van der Waals surface area contributed by atoms with Crippen LogP contribution in [0.3, 0.4) is 0 Å². The molecule has 0 aliphatic carbocycles. The number of hydrogen-bond acceptors (Lipinski definition) is 4. The molecule has 2 N–H and O–H groups in total. The Kier molecular flexibility index (Phi) is 6.06. The highest BCUT2D eigenvalue weighted by atomic mass is 16.5. The third-order valence-corrected chi connectivity index (χ3v) is 4.34. The van der Waals surface area contributed by atoms with Crippen molar-refractivity contribution in [3.8, 4) is 5.75 Å². The van der Waals surface area contributed by atoms with Gasteiger partial charge in [0, 0.05) is 25.6 Å². The first-order chi connectivity index (χ1) is 11.7. The molecule has 1 amide bonds. The van der Waals surface area contributed by atoms with Gasteiger partial charge in [-0.15, -0.1) is 0 Å². The molecule has 0 spiro atoms. The predicted molar refractivity (Wildman–Crippen MR) is 95.4 cm³/mol. The zero-order valence-corrected chi connectivity index (χ0v) is 15.4. The second kappa shape index (κ2) is 7.87. The van der Waals surface area contributed by atoms with Crippen LogP contribution in [0.5, 0.6) is 5.75 Å². The number of carbonyl (C=O) groups is 2. The lowest BCUT2D eigenvalue weighted by Crippen LogP contribution is -2.42. The summed E-state index contributed by atoms with van der Waals surface area (Å²) in [5, 5.41) is 12.2. The minimum Gasteiger partial charge on any atom is -0.497 e. The summed E-state index contributed by atoms with van der Waals surface area (Å²) < 4.78 is 5.26. The summed E-state index contributed by atoms with van der Waals surface area (Å²) in [6, 6.07) is 6.91. The van der Waals surface area contributed by atoms with Gasteiger partial charge in [0.15, 0.2) is 0 Å². The van der Waals surface area contributed by atoms with E-state index in [-0.39, 0.29) is 17.4 Å². The topological polar surface area (TPSA) is 78.9 Å². The first-order valence-electron chi connectivity index (χ1n) is 8.58. The lowest BCUT2D eigenvalue weighted by Gasteiger charge is -2.31. The van der Waals surface area contributed by atoms with Gasteiger partial charge in [-0.25, -0.2) is 0 Å². The third-order valence-electron chi connectivity index (χ3n) is 4.34. The molecule has 6 heteroatoms. The molecule has 1 aromatic carbocycles. The van der Waals surface area contributed by atoms with E-state index in [9.17, 15) is 14.7 Å². The molecule has 1 saturated heterocycles. The van der Waals surface area contributed by atoms with Crippen molar-refractivity contribution < 1.29 is 19.4 Å². The number of amides is 1. The van der Waals surface area contributed by atoms with Crippen LogP contribution in [-0.2, 0) is 16.1 Å². The number of ether oxygens (including phenoxy) is 1. The van der Waals surface area contributed by atoms with Gasteiger partial charge < -0.3 is 20.1 Å². The van der Waals surface area contributed by atoms with Crippen LogP contribution in [0.2, 0.25) is 0 Å². The first-order valence-corrected chi connectivity index (χ1v) is 8.58. The highest BCUT2D eigenvalue weighted by Gasteiger charge is 2.35. The van der Waals surface area contributed by atoms with Crippen molar-refractivity contribution in [1.82, 2.24) is 10.2 Å². The van der Waals surface area contributed by atoms with Gasteiger partial charge in [0.1, 0.15) is 11.8 Å². The molecule has 0 bridgehead atoms. The fourth-order valence-electron chi connectivity index (χ4n) is 3.09. The minimum absolute atomic E-state index is 0.0492. The number of carboxylic acid groups (broad SMARTS) is 1. The van der Waals surface area contributed by atoms with E-state index >= 15 is 0 Å². The standard InChI is InChI=1S/C19H28N2O4/c1-19(2,3)10-17(22)21(14-9-16(18(23)24)20-11-14)12-13-6-5-7-15(8-13)25-4/h5-8,14,16,20H,9-12H2,1-4H3,(H,23,24)/t14-,16-/m0/s1. The largest absolute Gasteiger partial charge is 0.497 e. The number of nitrogens with one attached hydrogen (secondary N) is 1. The number of hydrogen-bond donors (Lipinski definition) is 2. The molecule has 2 rings (SSSR count). The van der Waals surface area contributed by atoms with E-state index in [4.69, 9.17) is 4.74 Å². The van der Waals surface area contributed by atoms with Crippen LogP contribution in [0, 0.1) is 5.41 Å². The fourth-order valence-corrected chi connectivity index (χ4v) is 3.09. The monoisotopic (exact) mass is 348 g/mol. The summed E-state index contributed by atoms with van der Waals surface area (Å²) in [4.78, 5) is 25.9. The van der Waals surface area contributed by atoms with Crippen LogP contribution >= 0.6 is 0 Å². The summed E-state index contributed by atoms with van der Waals surface area (Å²) in [6.45, 7) is 7.03. The quantitative estimate of drug-likeness (QED) is 0.824. The van der Waals surface area contributed by atoms with Crippen molar-refractivity contribution in [3.63, 3.8) is 0 Å². The minimum atomic E-state index is -0.868. The molecule has 6 nitrogen and oxygen atoms in total. The summed E-state index contributed by atoms with van der Waals surface area (Å²) in [6.07, 6.45) is 0.848. The number of carboxylic acids is 1. The second-order valence-corrected chi connectivity index (χ2v) is 7.80. The maximum absolute atomic E-state index is 12.9. The summed E-state index contributed by atoms with van der Waals surface area (Å²) in [5.41, 5.74) is 0.850. The average molecular weight is 348 g/mol. The van der Waals surface area contributed by atoms with Crippen molar-refractivity contribution in [2.45, 2.75) is 52.2 Å². The number of carbonyl (C=O) groups excluding carboxylic acids is 1. The smallest absolute Gasteiger partial charge is 0.320 e. The summed E-state index contributed by atoms with van der Waals surface area (Å²) >= 11 is 0. The van der Waals surface area contributed by atoms with E-state index < -0.39 is 12.0 Å². The maximum Gasteiger partial charge on any atom is 0.320 e. The Morgan fingerprint density at radius 3 is 2.64 bits per heavy atom. The lowest BCUT2D eigenvalue weighted by atomic mass is 9.91. The molecular formula is C19H28N2O4. The van der Waals surface area contributed by atoms with E-state index in [1.807, 2.05) is 49.9 Å². The van der Waals surface area contributed by atoms with Gasteiger partial charge in [-0.05, 0) is 29.5 Å². The summed E-state index contributed by atoms with van der Waals surface area (Å²) in [7, 11) is 1.61. The van der Waals surface area contributed by atoms with E-state index in [2.05, 4.69) is 5.32 Å². The SMILES string of the molecule is COc1cccc(CN(C(=O)CC(C)(C)C)[C@@H]2CN[C@H](C(=O)O)C2)c1. The van der Waals surface area contributed by atoms with Gasteiger partial charge in [0.05, 0.1) is 7.11 Å². The molecule has 0 saturated carbocycles. The molecule has 0 aromatic heterocycles. The van der Waals surface area contributed by atoms with Crippen LogP contribution in [0.1, 0.15) is 39.2 Å². The molecule has 1 aliphatic rings. The van der Waals surface area contributed by atoms with Crippen molar-refractivity contribution in [2.24, 2.45) is 5.41 Å². The van der Waals surface area contributed by atoms with Crippen LogP contribution in [0.15, 0.2) is 24.3 Å². The normalized spacial score (nSPS) is 20.3.